The van der Waals surface area contributed by atoms with Gasteiger partial charge in [0, 0.05) is 10.9 Å². The standard InChI is InChI=1S/C12H11BrN2O2/c1-14-10(12(16)17)8-6-7-4-2-3-5-9(7)15-11(8)13/h2-6,10,14H,1H3,(H,16,17). The molecule has 1 aromatic heterocycles. The first-order chi connectivity index (χ1) is 8.13. The van der Waals surface area contributed by atoms with Crippen molar-refractivity contribution in [3.05, 3.63) is 40.5 Å². The Hall–Kier alpha value is -1.46. The van der Waals surface area contributed by atoms with Crippen molar-refractivity contribution in [2.45, 2.75) is 6.04 Å². The molecule has 5 heteroatoms. The van der Waals surface area contributed by atoms with Crippen LogP contribution in [0.5, 0.6) is 0 Å². The van der Waals surface area contributed by atoms with E-state index in [1.54, 1.807) is 7.05 Å². The maximum absolute atomic E-state index is 11.1. The van der Waals surface area contributed by atoms with E-state index in [0.29, 0.717) is 10.2 Å². The van der Waals surface area contributed by atoms with Gasteiger partial charge in [0.15, 0.2) is 0 Å². The van der Waals surface area contributed by atoms with E-state index in [9.17, 15) is 4.79 Å². The Bertz CT molecular complexity index is 571. The van der Waals surface area contributed by atoms with Gasteiger partial charge in [-0.15, -0.1) is 0 Å². The fourth-order valence-electron chi connectivity index (χ4n) is 1.72. The second-order valence-corrected chi connectivity index (χ2v) is 4.37. The highest BCUT2D eigenvalue weighted by molar-refractivity contribution is 9.10. The fraction of sp³-hybridized carbons (Fsp3) is 0.167. The number of benzene rings is 1. The molecule has 0 aliphatic heterocycles. The highest BCUT2D eigenvalue weighted by Gasteiger charge is 2.21. The van der Waals surface area contributed by atoms with Gasteiger partial charge in [0.1, 0.15) is 10.6 Å². The van der Waals surface area contributed by atoms with Gasteiger partial charge in [-0.1, -0.05) is 18.2 Å². The number of halogens is 1. The van der Waals surface area contributed by atoms with Gasteiger partial charge in [-0.05, 0) is 35.1 Å². The van der Waals surface area contributed by atoms with Crippen LogP contribution in [0.1, 0.15) is 11.6 Å². The smallest absolute Gasteiger partial charge is 0.325 e. The van der Waals surface area contributed by atoms with E-state index in [2.05, 4.69) is 26.2 Å². The third-order valence-electron chi connectivity index (χ3n) is 2.55. The van der Waals surface area contributed by atoms with Gasteiger partial charge in [-0.2, -0.15) is 0 Å². The van der Waals surface area contributed by atoms with Crippen molar-refractivity contribution in [1.29, 1.82) is 0 Å². The summed E-state index contributed by atoms with van der Waals surface area (Å²) in [6, 6.07) is 8.67. The van der Waals surface area contributed by atoms with Crippen molar-refractivity contribution in [1.82, 2.24) is 10.3 Å². The van der Waals surface area contributed by atoms with Gasteiger partial charge in [0.25, 0.3) is 0 Å². The van der Waals surface area contributed by atoms with E-state index in [4.69, 9.17) is 5.11 Å². The minimum atomic E-state index is -0.926. The van der Waals surface area contributed by atoms with Crippen molar-refractivity contribution in [2.75, 3.05) is 7.05 Å². The Morgan fingerprint density at radius 3 is 2.82 bits per heavy atom. The van der Waals surface area contributed by atoms with Crippen LogP contribution in [0.3, 0.4) is 0 Å². The summed E-state index contributed by atoms with van der Waals surface area (Å²) in [5.74, 6) is -0.926. The summed E-state index contributed by atoms with van der Waals surface area (Å²) < 4.78 is 0.554. The number of likely N-dealkylation sites (N-methyl/N-ethyl adjacent to an activating group) is 1. The van der Waals surface area contributed by atoms with Gasteiger partial charge < -0.3 is 10.4 Å². The first-order valence-corrected chi connectivity index (χ1v) is 5.88. The molecule has 2 aromatic rings. The molecule has 1 atom stereocenters. The molecule has 0 fully saturated rings. The third kappa shape index (κ3) is 2.30. The molecule has 0 radical (unpaired) electrons. The Kier molecular flexibility index (Phi) is 3.40. The maximum atomic E-state index is 11.1. The number of nitrogens with zero attached hydrogens (tertiary/aromatic N) is 1. The lowest BCUT2D eigenvalue weighted by Gasteiger charge is -2.13. The van der Waals surface area contributed by atoms with E-state index in [1.807, 2.05) is 30.3 Å². The predicted octanol–water partition coefficient (Wildman–Crippen LogP) is 2.34. The van der Waals surface area contributed by atoms with Gasteiger partial charge in [0.2, 0.25) is 0 Å². The van der Waals surface area contributed by atoms with Crippen LogP contribution in [0.15, 0.2) is 34.9 Å². The lowest BCUT2D eigenvalue weighted by atomic mass is 10.1. The Labute approximate surface area is 107 Å². The molecule has 0 amide bonds. The number of aromatic nitrogens is 1. The number of hydrogen-bond acceptors (Lipinski definition) is 3. The van der Waals surface area contributed by atoms with Crippen LogP contribution >= 0.6 is 15.9 Å². The second-order valence-electron chi connectivity index (χ2n) is 3.62. The van der Waals surface area contributed by atoms with Crippen LogP contribution in [0.25, 0.3) is 10.9 Å². The maximum Gasteiger partial charge on any atom is 0.325 e. The highest BCUT2D eigenvalue weighted by Crippen LogP contribution is 2.26. The fourth-order valence-corrected chi connectivity index (χ4v) is 2.26. The number of pyridine rings is 1. The molecule has 17 heavy (non-hydrogen) atoms. The van der Waals surface area contributed by atoms with E-state index < -0.39 is 12.0 Å². The lowest BCUT2D eigenvalue weighted by Crippen LogP contribution is -2.25. The molecule has 1 aromatic carbocycles. The molecule has 0 aliphatic carbocycles. The molecular formula is C12H11BrN2O2. The molecular weight excluding hydrogens is 284 g/mol. The summed E-state index contributed by atoms with van der Waals surface area (Å²) in [6.07, 6.45) is 0. The average Bonchev–Trinajstić information content (AvgIpc) is 2.30. The Balaban J connectivity index is 2.61. The SMILES string of the molecule is CNC(C(=O)O)c1cc2ccccc2nc1Br. The van der Waals surface area contributed by atoms with Crippen LogP contribution in [0, 0.1) is 0 Å². The largest absolute Gasteiger partial charge is 0.480 e. The Morgan fingerprint density at radius 2 is 2.18 bits per heavy atom. The van der Waals surface area contributed by atoms with Crippen LogP contribution in [-0.2, 0) is 4.79 Å². The van der Waals surface area contributed by atoms with E-state index in [0.717, 1.165) is 10.9 Å². The van der Waals surface area contributed by atoms with Crippen molar-refractivity contribution < 1.29 is 9.90 Å². The number of nitrogens with one attached hydrogen (secondary N) is 1. The number of carbonyl (C=O) groups is 1. The topological polar surface area (TPSA) is 62.2 Å². The summed E-state index contributed by atoms with van der Waals surface area (Å²) in [5, 5.41) is 12.8. The van der Waals surface area contributed by atoms with E-state index >= 15 is 0 Å². The first kappa shape index (κ1) is 12.0. The number of para-hydroxylation sites is 1. The zero-order valence-corrected chi connectivity index (χ0v) is 10.7. The lowest BCUT2D eigenvalue weighted by molar-refractivity contribution is -0.139. The predicted molar refractivity (Wildman–Crippen MR) is 68.9 cm³/mol. The zero-order valence-electron chi connectivity index (χ0n) is 9.14. The van der Waals surface area contributed by atoms with Crippen LogP contribution < -0.4 is 5.32 Å². The number of carboxylic acid groups (broad SMARTS) is 1. The molecule has 2 rings (SSSR count). The quantitative estimate of drug-likeness (QED) is 0.853. The first-order valence-electron chi connectivity index (χ1n) is 5.08. The molecule has 0 bridgehead atoms. The molecule has 1 unspecified atom stereocenters. The number of carboxylic acids is 1. The molecule has 4 nitrogen and oxygen atoms in total. The van der Waals surface area contributed by atoms with Crippen molar-refractivity contribution in [2.24, 2.45) is 0 Å². The van der Waals surface area contributed by atoms with Crippen molar-refractivity contribution >= 4 is 32.8 Å². The molecule has 0 spiro atoms. The van der Waals surface area contributed by atoms with E-state index in [1.165, 1.54) is 0 Å². The number of hydrogen-bond donors (Lipinski definition) is 2. The molecule has 0 aliphatic rings. The zero-order chi connectivity index (χ0) is 12.4. The van der Waals surface area contributed by atoms with Crippen LogP contribution in [0.2, 0.25) is 0 Å². The second kappa shape index (κ2) is 4.81. The van der Waals surface area contributed by atoms with Gasteiger partial charge >= 0.3 is 5.97 Å². The third-order valence-corrected chi connectivity index (χ3v) is 3.19. The minimum Gasteiger partial charge on any atom is -0.480 e. The normalized spacial score (nSPS) is 12.6. The van der Waals surface area contributed by atoms with Gasteiger partial charge in [-0.3, -0.25) is 4.79 Å². The number of rotatable bonds is 3. The summed E-state index contributed by atoms with van der Waals surface area (Å²) in [5.41, 5.74) is 1.46. The molecule has 88 valence electrons. The summed E-state index contributed by atoms with van der Waals surface area (Å²) in [4.78, 5) is 15.4. The van der Waals surface area contributed by atoms with Crippen LogP contribution in [0.4, 0.5) is 0 Å². The monoisotopic (exact) mass is 294 g/mol. The van der Waals surface area contributed by atoms with Crippen LogP contribution in [-0.4, -0.2) is 23.1 Å². The summed E-state index contributed by atoms with van der Waals surface area (Å²) >= 11 is 3.31. The van der Waals surface area contributed by atoms with Gasteiger partial charge in [0.05, 0.1) is 5.52 Å². The van der Waals surface area contributed by atoms with E-state index in [-0.39, 0.29) is 0 Å². The van der Waals surface area contributed by atoms with Crippen molar-refractivity contribution in [3.63, 3.8) is 0 Å². The molecule has 0 saturated heterocycles. The molecule has 2 N–H and O–H groups in total. The summed E-state index contributed by atoms with van der Waals surface area (Å²) in [7, 11) is 1.61. The molecule has 1 heterocycles. The molecule has 0 saturated carbocycles. The average molecular weight is 295 g/mol. The number of aliphatic carboxylic acids is 1. The summed E-state index contributed by atoms with van der Waals surface area (Å²) in [6.45, 7) is 0. The van der Waals surface area contributed by atoms with Gasteiger partial charge in [-0.25, -0.2) is 4.98 Å². The number of fused-ring (bicyclic) bond motifs is 1. The minimum absolute atomic E-state index is 0.554. The van der Waals surface area contributed by atoms with Crippen molar-refractivity contribution in [3.8, 4) is 0 Å². The highest BCUT2D eigenvalue weighted by atomic mass is 79.9. The Morgan fingerprint density at radius 1 is 1.47 bits per heavy atom.